The van der Waals surface area contributed by atoms with E-state index in [9.17, 15) is 9.18 Å². The maximum Gasteiger partial charge on any atom is 0.261 e. The predicted octanol–water partition coefficient (Wildman–Crippen LogP) is 2.89. The molecule has 0 aliphatic heterocycles. The molecule has 126 valence electrons. The zero-order chi connectivity index (χ0) is 17.3. The Labute approximate surface area is 142 Å². The number of rotatable bonds is 5. The van der Waals surface area contributed by atoms with Crippen molar-refractivity contribution in [1.82, 2.24) is 15.1 Å². The first-order valence-electron chi connectivity index (χ1n) is 7.63. The lowest BCUT2D eigenvalue weighted by molar-refractivity contribution is 0.0946. The number of hydrogen-bond donors (Lipinski definition) is 2. The number of hydrogen-bond acceptors (Lipinski definition) is 4. The van der Waals surface area contributed by atoms with Crippen molar-refractivity contribution in [2.75, 3.05) is 13.2 Å². The summed E-state index contributed by atoms with van der Waals surface area (Å²) in [6.07, 6.45) is 0. The van der Waals surface area contributed by atoms with Crippen molar-refractivity contribution in [2.24, 2.45) is 5.92 Å². The van der Waals surface area contributed by atoms with Crippen molar-refractivity contribution in [3.05, 3.63) is 46.7 Å². The van der Waals surface area contributed by atoms with Gasteiger partial charge in [0.05, 0.1) is 16.3 Å². The molecule has 1 aromatic carbocycles. The molecule has 1 amide bonds. The minimum atomic E-state index is -0.303. The van der Waals surface area contributed by atoms with E-state index in [1.807, 2.05) is 19.9 Å². The van der Waals surface area contributed by atoms with E-state index in [1.165, 1.54) is 23.5 Å². The third-order valence-electron chi connectivity index (χ3n) is 3.76. The van der Waals surface area contributed by atoms with Gasteiger partial charge in [0.15, 0.2) is 0 Å². The third-order valence-corrected chi connectivity index (χ3v) is 4.87. The lowest BCUT2D eigenvalue weighted by atomic mass is 10.2. The monoisotopic (exact) mass is 347 g/mol. The summed E-state index contributed by atoms with van der Waals surface area (Å²) in [4.78, 5) is 13.7. The number of nitrogens with one attached hydrogen (secondary N) is 1. The highest BCUT2D eigenvalue weighted by Crippen LogP contribution is 2.30. The van der Waals surface area contributed by atoms with Crippen molar-refractivity contribution in [3.8, 4) is 5.69 Å². The second kappa shape index (κ2) is 6.70. The standard InChI is InChI=1S/C17H18FN3O2S/c1-10(9-22)8-19-16(23)15-7-14-11(2)20-21(17(14)24-15)13-5-3-12(18)4-6-13/h3-7,10,22H,8-9H2,1-2H3,(H,19,23)/t10-/m0/s1. The highest BCUT2D eigenvalue weighted by molar-refractivity contribution is 7.20. The van der Waals surface area contributed by atoms with Gasteiger partial charge in [0, 0.05) is 18.5 Å². The Morgan fingerprint density at radius 3 is 2.79 bits per heavy atom. The maximum atomic E-state index is 13.1. The molecule has 0 unspecified atom stereocenters. The number of aliphatic hydroxyl groups is 1. The quantitative estimate of drug-likeness (QED) is 0.746. The fourth-order valence-electron chi connectivity index (χ4n) is 2.34. The van der Waals surface area contributed by atoms with Gasteiger partial charge in [-0.1, -0.05) is 6.92 Å². The molecule has 3 aromatic rings. The summed E-state index contributed by atoms with van der Waals surface area (Å²) in [5, 5.41) is 17.2. The van der Waals surface area contributed by atoms with Crippen molar-refractivity contribution >= 4 is 27.5 Å². The molecule has 1 atom stereocenters. The van der Waals surface area contributed by atoms with Crippen LogP contribution in [0.1, 0.15) is 22.3 Å². The van der Waals surface area contributed by atoms with E-state index in [4.69, 9.17) is 5.11 Å². The number of carbonyl (C=O) groups excluding carboxylic acids is 1. The van der Waals surface area contributed by atoms with E-state index in [1.54, 1.807) is 16.8 Å². The molecule has 24 heavy (non-hydrogen) atoms. The largest absolute Gasteiger partial charge is 0.396 e. The van der Waals surface area contributed by atoms with Crippen molar-refractivity contribution in [3.63, 3.8) is 0 Å². The normalized spacial score (nSPS) is 12.5. The van der Waals surface area contributed by atoms with E-state index >= 15 is 0 Å². The van der Waals surface area contributed by atoms with Crippen LogP contribution in [0, 0.1) is 18.7 Å². The average molecular weight is 347 g/mol. The number of nitrogens with zero attached hydrogens (tertiary/aromatic N) is 2. The van der Waals surface area contributed by atoms with E-state index in [2.05, 4.69) is 10.4 Å². The van der Waals surface area contributed by atoms with Gasteiger partial charge in [-0.2, -0.15) is 5.10 Å². The Bertz CT molecular complexity index is 870. The van der Waals surface area contributed by atoms with Crippen LogP contribution in [0.3, 0.4) is 0 Å². The second-order valence-corrected chi connectivity index (χ2v) is 6.83. The lowest BCUT2D eigenvalue weighted by Crippen LogP contribution is -2.28. The Balaban J connectivity index is 1.92. The van der Waals surface area contributed by atoms with Gasteiger partial charge in [-0.3, -0.25) is 4.79 Å². The number of halogens is 1. The molecule has 5 nitrogen and oxygen atoms in total. The number of amides is 1. The molecule has 0 bridgehead atoms. The zero-order valence-electron chi connectivity index (χ0n) is 13.4. The maximum absolute atomic E-state index is 13.1. The van der Waals surface area contributed by atoms with Crippen LogP contribution < -0.4 is 5.32 Å². The molecule has 0 spiro atoms. The van der Waals surface area contributed by atoms with Crippen molar-refractivity contribution in [1.29, 1.82) is 0 Å². The number of thiophene rings is 1. The molecule has 0 radical (unpaired) electrons. The van der Waals surface area contributed by atoms with Crippen molar-refractivity contribution < 1.29 is 14.3 Å². The molecule has 0 fully saturated rings. The number of aliphatic hydroxyl groups excluding tert-OH is 1. The minimum Gasteiger partial charge on any atom is -0.396 e. The molecule has 2 N–H and O–H groups in total. The number of fused-ring (bicyclic) bond motifs is 1. The Morgan fingerprint density at radius 2 is 2.12 bits per heavy atom. The molecule has 7 heteroatoms. The van der Waals surface area contributed by atoms with Gasteiger partial charge in [-0.25, -0.2) is 9.07 Å². The molecular formula is C17H18FN3O2S. The van der Waals surface area contributed by atoms with Gasteiger partial charge in [-0.15, -0.1) is 11.3 Å². The summed E-state index contributed by atoms with van der Waals surface area (Å²) in [6.45, 7) is 4.20. The second-order valence-electron chi connectivity index (χ2n) is 5.80. The van der Waals surface area contributed by atoms with Gasteiger partial charge >= 0.3 is 0 Å². The summed E-state index contributed by atoms with van der Waals surface area (Å²) in [7, 11) is 0. The number of aryl methyl sites for hydroxylation is 1. The van der Waals surface area contributed by atoms with E-state index < -0.39 is 0 Å². The van der Waals surface area contributed by atoms with Gasteiger partial charge in [0.25, 0.3) is 5.91 Å². The molecule has 0 aliphatic carbocycles. The first-order valence-corrected chi connectivity index (χ1v) is 8.45. The highest BCUT2D eigenvalue weighted by atomic mass is 32.1. The number of benzene rings is 1. The summed E-state index contributed by atoms with van der Waals surface area (Å²) in [5.74, 6) is -0.454. The molecule has 3 rings (SSSR count). The number of carbonyl (C=O) groups is 1. The molecule has 0 saturated carbocycles. The molecule has 2 heterocycles. The average Bonchev–Trinajstić information content (AvgIpc) is 3.14. The fourth-order valence-corrected chi connectivity index (χ4v) is 3.43. The van der Waals surface area contributed by atoms with Crippen LogP contribution in [0.2, 0.25) is 0 Å². The topological polar surface area (TPSA) is 67.2 Å². The van der Waals surface area contributed by atoms with Gasteiger partial charge < -0.3 is 10.4 Å². The summed E-state index contributed by atoms with van der Waals surface area (Å²) < 4.78 is 14.8. The van der Waals surface area contributed by atoms with Crippen LogP contribution in [-0.4, -0.2) is 33.9 Å². The highest BCUT2D eigenvalue weighted by Gasteiger charge is 2.17. The van der Waals surface area contributed by atoms with Crippen molar-refractivity contribution in [2.45, 2.75) is 13.8 Å². The third kappa shape index (κ3) is 3.18. The van der Waals surface area contributed by atoms with Gasteiger partial charge in [-0.05, 0) is 43.2 Å². The van der Waals surface area contributed by atoms with E-state index in [0.29, 0.717) is 11.4 Å². The SMILES string of the molecule is Cc1nn(-c2ccc(F)cc2)c2sc(C(=O)NC[C@H](C)CO)cc12. The molecule has 0 aliphatic rings. The van der Waals surface area contributed by atoms with Gasteiger partial charge in [0.2, 0.25) is 0 Å². The van der Waals surface area contributed by atoms with Crippen LogP contribution >= 0.6 is 11.3 Å². The Morgan fingerprint density at radius 1 is 1.42 bits per heavy atom. The molecular weight excluding hydrogens is 329 g/mol. The van der Waals surface area contributed by atoms with Crippen LogP contribution in [0.4, 0.5) is 4.39 Å². The molecule has 2 aromatic heterocycles. The van der Waals surface area contributed by atoms with Crippen LogP contribution in [-0.2, 0) is 0 Å². The van der Waals surface area contributed by atoms with E-state index in [0.717, 1.165) is 21.6 Å². The summed E-state index contributed by atoms with van der Waals surface area (Å²) in [6, 6.07) is 7.90. The zero-order valence-corrected chi connectivity index (χ0v) is 14.2. The van der Waals surface area contributed by atoms with E-state index in [-0.39, 0.29) is 24.2 Å². The summed E-state index contributed by atoms with van der Waals surface area (Å²) in [5.41, 5.74) is 1.56. The Kier molecular flexibility index (Phi) is 4.64. The first kappa shape index (κ1) is 16.6. The molecule has 0 saturated heterocycles. The van der Waals surface area contributed by atoms with Crippen LogP contribution in [0.5, 0.6) is 0 Å². The first-order chi connectivity index (χ1) is 11.5. The smallest absolute Gasteiger partial charge is 0.261 e. The number of aromatic nitrogens is 2. The summed E-state index contributed by atoms with van der Waals surface area (Å²) >= 11 is 1.34. The fraction of sp³-hybridized carbons (Fsp3) is 0.294. The van der Waals surface area contributed by atoms with Crippen LogP contribution in [0.25, 0.3) is 15.9 Å². The lowest BCUT2D eigenvalue weighted by Gasteiger charge is -2.08. The van der Waals surface area contributed by atoms with Crippen LogP contribution in [0.15, 0.2) is 30.3 Å². The predicted molar refractivity (Wildman–Crippen MR) is 92.2 cm³/mol. The minimum absolute atomic E-state index is 0.0137. The Hall–Kier alpha value is -2.25. The van der Waals surface area contributed by atoms with Gasteiger partial charge in [0.1, 0.15) is 10.6 Å².